The van der Waals surface area contributed by atoms with Crippen LogP contribution in [0.1, 0.15) is 25.0 Å². The van der Waals surface area contributed by atoms with Crippen LogP contribution in [0.3, 0.4) is 0 Å². The minimum absolute atomic E-state index is 0.123. The Morgan fingerprint density at radius 3 is 2.79 bits per heavy atom. The van der Waals surface area contributed by atoms with Gasteiger partial charge in [-0.15, -0.1) is 0 Å². The Bertz CT molecular complexity index is 372. The number of hydrogen-bond acceptors (Lipinski definition) is 3. The first kappa shape index (κ1) is 9.19. The standard InChI is InChI=1S/C11H13NO2/c1-7(2)14-11-5-8-3-10(13)4-9(8)6-12-11/h5-7H,3-4H2,1-2H3. The molecule has 1 aromatic heterocycles. The van der Waals surface area contributed by atoms with Crippen molar-refractivity contribution in [2.45, 2.75) is 32.8 Å². The lowest BCUT2D eigenvalue weighted by Gasteiger charge is -2.09. The van der Waals surface area contributed by atoms with Crippen molar-refractivity contribution in [3.05, 3.63) is 23.4 Å². The van der Waals surface area contributed by atoms with Crippen LogP contribution in [0.4, 0.5) is 0 Å². The molecule has 0 unspecified atom stereocenters. The SMILES string of the molecule is CC(C)Oc1cc2c(cn1)CC(=O)C2. The van der Waals surface area contributed by atoms with Crippen molar-refractivity contribution in [1.82, 2.24) is 4.98 Å². The predicted octanol–water partition coefficient (Wildman–Crippen LogP) is 1.54. The zero-order chi connectivity index (χ0) is 10.1. The first-order valence-electron chi connectivity index (χ1n) is 4.81. The van der Waals surface area contributed by atoms with E-state index in [1.807, 2.05) is 19.9 Å². The number of aromatic nitrogens is 1. The number of fused-ring (bicyclic) bond motifs is 1. The molecule has 0 bridgehead atoms. The van der Waals surface area contributed by atoms with E-state index in [1.165, 1.54) is 0 Å². The van der Waals surface area contributed by atoms with Crippen molar-refractivity contribution >= 4 is 5.78 Å². The molecule has 1 heterocycles. The number of ketones is 1. The Kier molecular flexibility index (Phi) is 2.23. The van der Waals surface area contributed by atoms with Crippen LogP contribution in [0.5, 0.6) is 5.88 Å². The molecule has 0 saturated heterocycles. The quantitative estimate of drug-likeness (QED) is 0.711. The van der Waals surface area contributed by atoms with Gasteiger partial charge >= 0.3 is 0 Å². The molecule has 1 aliphatic carbocycles. The molecule has 0 aliphatic heterocycles. The highest BCUT2D eigenvalue weighted by molar-refractivity contribution is 5.87. The molecule has 3 nitrogen and oxygen atoms in total. The van der Waals surface area contributed by atoms with Gasteiger partial charge in [0.15, 0.2) is 0 Å². The number of Topliss-reactive ketones (excluding diaryl/α,β-unsaturated/α-hetero) is 1. The van der Waals surface area contributed by atoms with Crippen LogP contribution in [-0.2, 0) is 17.6 Å². The predicted molar refractivity (Wildman–Crippen MR) is 52.4 cm³/mol. The van der Waals surface area contributed by atoms with Gasteiger partial charge in [0.1, 0.15) is 5.78 Å². The van der Waals surface area contributed by atoms with Crippen LogP contribution >= 0.6 is 0 Å². The maximum absolute atomic E-state index is 11.2. The van der Waals surface area contributed by atoms with E-state index < -0.39 is 0 Å². The second kappa shape index (κ2) is 3.40. The largest absolute Gasteiger partial charge is 0.475 e. The van der Waals surface area contributed by atoms with Crippen LogP contribution in [-0.4, -0.2) is 16.9 Å². The van der Waals surface area contributed by atoms with Gasteiger partial charge in [-0.1, -0.05) is 0 Å². The molecule has 0 amide bonds. The van der Waals surface area contributed by atoms with E-state index in [1.54, 1.807) is 6.20 Å². The number of carbonyl (C=O) groups excluding carboxylic acids is 1. The highest BCUT2D eigenvalue weighted by Gasteiger charge is 2.19. The minimum atomic E-state index is 0.123. The highest BCUT2D eigenvalue weighted by atomic mass is 16.5. The van der Waals surface area contributed by atoms with E-state index in [2.05, 4.69) is 4.98 Å². The summed E-state index contributed by atoms with van der Waals surface area (Å²) in [6.07, 6.45) is 2.94. The minimum Gasteiger partial charge on any atom is -0.475 e. The van der Waals surface area contributed by atoms with Crippen molar-refractivity contribution in [1.29, 1.82) is 0 Å². The van der Waals surface area contributed by atoms with E-state index in [-0.39, 0.29) is 11.9 Å². The van der Waals surface area contributed by atoms with Gasteiger partial charge < -0.3 is 4.74 Å². The lowest BCUT2D eigenvalue weighted by molar-refractivity contribution is -0.117. The number of ether oxygens (including phenoxy) is 1. The highest BCUT2D eigenvalue weighted by Crippen LogP contribution is 2.22. The first-order valence-corrected chi connectivity index (χ1v) is 4.81. The Hall–Kier alpha value is -1.38. The summed E-state index contributed by atoms with van der Waals surface area (Å²) in [6.45, 7) is 3.92. The summed E-state index contributed by atoms with van der Waals surface area (Å²) in [5.41, 5.74) is 2.12. The van der Waals surface area contributed by atoms with Crippen LogP contribution in [0, 0.1) is 0 Å². The zero-order valence-corrected chi connectivity index (χ0v) is 8.41. The lowest BCUT2D eigenvalue weighted by Crippen LogP contribution is -2.07. The van der Waals surface area contributed by atoms with Crippen molar-refractivity contribution in [2.75, 3.05) is 0 Å². The fraction of sp³-hybridized carbons (Fsp3) is 0.455. The zero-order valence-electron chi connectivity index (χ0n) is 8.41. The monoisotopic (exact) mass is 191 g/mol. The second-order valence-corrected chi connectivity index (χ2v) is 3.85. The summed E-state index contributed by atoms with van der Waals surface area (Å²) in [6, 6.07) is 1.88. The van der Waals surface area contributed by atoms with Crippen LogP contribution in [0.25, 0.3) is 0 Å². The molecule has 2 rings (SSSR count). The summed E-state index contributed by atoms with van der Waals surface area (Å²) in [7, 11) is 0. The summed E-state index contributed by atoms with van der Waals surface area (Å²) in [5.74, 6) is 0.886. The summed E-state index contributed by atoms with van der Waals surface area (Å²) in [5, 5.41) is 0. The molecule has 74 valence electrons. The molecular formula is C11H13NO2. The second-order valence-electron chi connectivity index (χ2n) is 3.85. The molecular weight excluding hydrogens is 178 g/mol. The molecule has 0 aromatic carbocycles. The van der Waals surface area contributed by atoms with Gasteiger partial charge in [0.05, 0.1) is 6.10 Å². The topological polar surface area (TPSA) is 39.2 Å². The number of nitrogens with zero attached hydrogens (tertiary/aromatic N) is 1. The van der Waals surface area contributed by atoms with Crippen molar-refractivity contribution < 1.29 is 9.53 Å². The van der Waals surface area contributed by atoms with Crippen LogP contribution in [0.2, 0.25) is 0 Å². The van der Waals surface area contributed by atoms with Gasteiger partial charge in [-0.3, -0.25) is 4.79 Å². The van der Waals surface area contributed by atoms with E-state index in [0.29, 0.717) is 18.7 Å². The molecule has 1 aliphatic rings. The fourth-order valence-electron chi connectivity index (χ4n) is 1.62. The van der Waals surface area contributed by atoms with Gasteiger partial charge in [-0.25, -0.2) is 4.98 Å². The third-order valence-corrected chi connectivity index (χ3v) is 2.19. The summed E-state index contributed by atoms with van der Waals surface area (Å²) >= 11 is 0. The Morgan fingerprint density at radius 1 is 1.36 bits per heavy atom. The molecule has 3 heteroatoms. The van der Waals surface area contributed by atoms with E-state index in [0.717, 1.165) is 11.1 Å². The van der Waals surface area contributed by atoms with Gasteiger partial charge in [-0.05, 0) is 25.0 Å². The number of carbonyl (C=O) groups is 1. The molecule has 1 aromatic rings. The Labute approximate surface area is 83.1 Å². The molecule has 0 N–H and O–H groups in total. The normalized spacial score (nSPS) is 14.6. The van der Waals surface area contributed by atoms with Crippen molar-refractivity contribution in [3.63, 3.8) is 0 Å². The number of hydrogen-bond donors (Lipinski definition) is 0. The molecule has 0 saturated carbocycles. The fourth-order valence-corrected chi connectivity index (χ4v) is 1.62. The third kappa shape index (κ3) is 1.76. The maximum atomic E-state index is 11.2. The maximum Gasteiger partial charge on any atom is 0.213 e. The molecule has 0 radical (unpaired) electrons. The van der Waals surface area contributed by atoms with Gasteiger partial charge in [-0.2, -0.15) is 0 Å². The van der Waals surface area contributed by atoms with Crippen molar-refractivity contribution in [3.8, 4) is 5.88 Å². The number of pyridine rings is 1. The van der Waals surface area contributed by atoms with E-state index in [9.17, 15) is 4.79 Å². The average molecular weight is 191 g/mol. The molecule has 0 fully saturated rings. The smallest absolute Gasteiger partial charge is 0.213 e. The third-order valence-electron chi connectivity index (χ3n) is 2.19. The van der Waals surface area contributed by atoms with E-state index in [4.69, 9.17) is 4.74 Å². The van der Waals surface area contributed by atoms with Crippen LogP contribution in [0.15, 0.2) is 12.3 Å². The van der Waals surface area contributed by atoms with Crippen molar-refractivity contribution in [2.24, 2.45) is 0 Å². The Morgan fingerprint density at radius 2 is 2.07 bits per heavy atom. The number of rotatable bonds is 2. The molecule has 0 spiro atoms. The summed E-state index contributed by atoms with van der Waals surface area (Å²) < 4.78 is 5.45. The Balaban J connectivity index is 2.24. The van der Waals surface area contributed by atoms with Crippen LogP contribution < -0.4 is 4.74 Å². The molecule has 0 atom stereocenters. The van der Waals surface area contributed by atoms with Gasteiger partial charge in [0, 0.05) is 25.1 Å². The first-order chi connectivity index (χ1) is 6.65. The van der Waals surface area contributed by atoms with E-state index >= 15 is 0 Å². The molecule has 14 heavy (non-hydrogen) atoms. The van der Waals surface area contributed by atoms with Gasteiger partial charge in [0.25, 0.3) is 0 Å². The average Bonchev–Trinajstić information content (AvgIpc) is 2.42. The lowest BCUT2D eigenvalue weighted by atomic mass is 10.2. The summed E-state index contributed by atoms with van der Waals surface area (Å²) in [4.78, 5) is 15.3. The van der Waals surface area contributed by atoms with Gasteiger partial charge in [0.2, 0.25) is 5.88 Å².